The molecule has 4 nitrogen and oxygen atoms in total. The predicted molar refractivity (Wildman–Crippen MR) is 75.6 cm³/mol. The van der Waals surface area contributed by atoms with Crippen LogP contribution in [-0.2, 0) is 0 Å². The average molecular weight is 283 g/mol. The maximum Gasteiger partial charge on any atom is 0.335 e. The van der Waals surface area contributed by atoms with Gasteiger partial charge >= 0.3 is 5.97 Å². The van der Waals surface area contributed by atoms with E-state index in [9.17, 15) is 14.0 Å². The van der Waals surface area contributed by atoms with Crippen LogP contribution in [0.4, 0.5) is 10.1 Å². The number of rotatable bonds is 2. The number of carboxylic acid groups (broad SMARTS) is 1. The van der Waals surface area contributed by atoms with Gasteiger partial charge in [0.05, 0.1) is 16.9 Å². The second-order valence-corrected chi connectivity index (χ2v) is 4.60. The SMILES string of the molecule is C=C1c2ccccc2C(=O)N1c1cc(C(=O)O)ccc1F. The molecule has 5 heteroatoms. The van der Waals surface area contributed by atoms with E-state index in [0.717, 1.165) is 23.1 Å². The first-order valence-electron chi connectivity index (χ1n) is 6.16. The number of carbonyl (C=O) groups is 2. The molecule has 0 aliphatic carbocycles. The first-order valence-corrected chi connectivity index (χ1v) is 6.16. The van der Waals surface area contributed by atoms with Crippen LogP contribution in [-0.4, -0.2) is 17.0 Å². The van der Waals surface area contributed by atoms with E-state index in [1.54, 1.807) is 24.3 Å². The lowest BCUT2D eigenvalue weighted by atomic mass is 10.1. The summed E-state index contributed by atoms with van der Waals surface area (Å²) in [5.41, 5.74) is 1.16. The van der Waals surface area contributed by atoms with Crippen molar-refractivity contribution in [2.45, 2.75) is 0 Å². The van der Waals surface area contributed by atoms with E-state index in [-0.39, 0.29) is 11.3 Å². The summed E-state index contributed by atoms with van der Waals surface area (Å²) in [7, 11) is 0. The summed E-state index contributed by atoms with van der Waals surface area (Å²) < 4.78 is 14.0. The average Bonchev–Trinajstić information content (AvgIpc) is 2.72. The molecule has 0 bridgehead atoms. The minimum absolute atomic E-state index is 0.0945. The molecule has 0 fully saturated rings. The molecule has 1 aliphatic heterocycles. The van der Waals surface area contributed by atoms with Gasteiger partial charge < -0.3 is 5.11 Å². The molecule has 0 saturated carbocycles. The summed E-state index contributed by atoms with van der Waals surface area (Å²) in [4.78, 5) is 24.5. The van der Waals surface area contributed by atoms with Crippen molar-refractivity contribution in [3.63, 3.8) is 0 Å². The van der Waals surface area contributed by atoms with E-state index >= 15 is 0 Å². The predicted octanol–water partition coefficient (Wildman–Crippen LogP) is 3.16. The Hall–Kier alpha value is -2.95. The van der Waals surface area contributed by atoms with E-state index in [2.05, 4.69) is 6.58 Å². The highest BCUT2D eigenvalue weighted by Gasteiger charge is 2.33. The normalized spacial score (nSPS) is 13.5. The number of carbonyl (C=O) groups excluding carboxylic acids is 1. The number of amides is 1. The number of benzene rings is 2. The van der Waals surface area contributed by atoms with Crippen LogP contribution in [0.3, 0.4) is 0 Å². The zero-order valence-electron chi connectivity index (χ0n) is 10.8. The number of halogens is 1. The van der Waals surface area contributed by atoms with Crippen LogP contribution in [0.5, 0.6) is 0 Å². The molecule has 1 aliphatic rings. The Kier molecular flexibility index (Phi) is 2.83. The van der Waals surface area contributed by atoms with Crippen LogP contribution >= 0.6 is 0 Å². The van der Waals surface area contributed by atoms with Crippen LogP contribution in [0.25, 0.3) is 5.70 Å². The van der Waals surface area contributed by atoms with Crippen molar-refractivity contribution >= 4 is 23.3 Å². The zero-order valence-corrected chi connectivity index (χ0v) is 10.8. The molecule has 0 spiro atoms. The summed E-state index contributed by atoms with van der Waals surface area (Å²) in [6.45, 7) is 3.81. The van der Waals surface area contributed by atoms with Crippen molar-refractivity contribution in [3.8, 4) is 0 Å². The molecule has 0 radical (unpaired) electrons. The van der Waals surface area contributed by atoms with E-state index in [4.69, 9.17) is 5.11 Å². The van der Waals surface area contributed by atoms with Crippen LogP contribution in [0, 0.1) is 5.82 Å². The summed E-state index contributed by atoms with van der Waals surface area (Å²) in [5, 5.41) is 9.00. The van der Waals surface area contributed by atoms with Gasteiger partial charge in [-0.05, 0) is 24.3 Å². The first kappa shape index (κ1) is 13.1. The third-order valence-corrected chi connectivity index (χ3v) is 3.38. The molecular formula is C16H10FNO3. The molecule has 0 aromatic heterocycles. The van der Waals surface area contributed by atoms with Gasteiger partial charge in [-0.1, -0.05) is 24.8 Å². The highest BCUT2D eigenvalue weighted by molar-refractivity contribution is 6.22. The quantitative estimate of drug-likeness (QED) is 0.921. The molecule has 104 valence electrons. The topological polar surface area (TPSA) is 57.6 Å². The highest BCUT2D eigenvalue weighted by atomic mass is 19.1. The van der Waals surface area contributed by atoms with Gasteiger partial charge in [0.1, 0.15) is 5.82 Å². The molecule has 1 N–H and O–H groups in total. The van der Waals surface area contributed by atoms with E-state index in [1.807, 2.05) is 0 Å². The number of hydrogen-bond acceptors (Lipinski definition) is 2. The van der Waals surface area contributed by atoms with Crippen molar-refractivity contribution < 1.29 is 19.1 Å². The standard InChI is InChI=1S/C16H10FNO3/c1-9-11-4-2-3-5-12(11)15(19)18(9)14-8-10(16(20)21)6-7-13(14)17/h2-8H,1H2,(H,20,21). The number of anilines is 1. The summed E-state index contributed by atoms with van der Waals surface area (Å²) >= 11 is 0. The van der Waals surface area contributed by atoms with Crippen molar-refractivity contribution in [1.82, 2.24) is 0 Å². The molecule has 1 heterocycles. The van der Waals surface area contributed by atoms with Gasteiger partial charge in [-0.3, -0.25) is 9.69 Å². The molecule has 21 heavy (non-hydrogen) atoms. The number of carboxylic acids is 1. The van der Waals surface area contributed by atoms with Crippen LogP contribution in [0.1, 0.15) is 26.3 Å². The molecule has 2 aromatic rings. The Balaban J connectivity index is 2.15. The summed E-state index contributed by atoms with van der Waals surface area (Å²) in [6, 6.07) is 10.1. The Morgan fingerprint density at radius 1 is 1.14 bits per heavy atom. The van der Waals surface area contributed by atoms with Crippen LogP contribution < -0.4 is 4.90 Å². The second kappa shape index (κ2) is 4.56. The molecule has 3 rings (SSSR count). The third-order valence-electron chi connectivity index (χ3n) is 3.38. The third kappa shape index (κ3) is 1.90. The number of aromatic carboxylic acids is 1. The highest BCUT2D eigenvalue weighted by Crippen LogP contribution is 2.37. The Morgan fingerprint density at radius 3 is 2.43 bits per heavy atom. The minimum Gasteiger partial charge on any atom is -0.478 e. The fourth-order valence-electron chi connectivity index (χ4n) is 2.36. The maximum atomic E-state index is 14.0. The maximum absolute atomic E-state index is 14.0. The largest absolute Gasteiger partial charge is 0.478 e. The summed E-state index contributed by atoms with van der Waals surface area (Å²) in [6.07, 6.45) is 0. The van der Waals surface area contributed by atoms with Crippen molar-refractivity contribution in [2.75, 3.05) is 4.90 Å². The second-order valence-electron chi connectivity index (χ2n) is 4.60. The lowest BCUT2D eigenvalue weighted by Gasteiger charge is -2.18. The zero-order chi connectivity index (χ0) is 15.1. The van der Waals surface area contributed by atoms with Crippen molar-refractivity contribution in [1.29, 1.82) is 0 Å². The molecular weight excluding hydrogens is 273 g/mol. The van der Waals surface area contributed by atoms with Crippen molar-refractivity contribution in [2.24, 2.45) is 0 Å². The molecule has 0 atom stereocenters. The van der Waals surface area contributed by atoms with Gasteiger partial charge in [-0.15, -0.1) is 0 Å². The number of fused-ring (bicyclic) bond motifs is 1. The van der Waals surface area contributed by atoms with E-state index < -0.39 is 17.7 Å². The fourth-order valence-corrected chi connectivity index (χ4v) is 2.36. The minimum atomic E-state index is -1.19. The van der Waals surface area contributed by atoms with Gasteiger partial charge in [0.15, 0.2) is 0 Å². The fraction of sp³-hybridized carbons (Fsp3) is 0. The van der Waals surface area contributed by atoms with Crippen LogP contribution in [0.15, 0.2) is 49.0 Å². The number of hydrogen-bond donors (Lipinski definition) is 1. The number of nitrogens with zero attached hydrogens (tertiary/aromatic N) is 1. The molecule has 0 unspecified atom stereocenters. The Morgan fingerprint density at radius 2 is 1.81 bits per heavy atom. The molecule has 0 saturated heterocycles. The Labute approximate surface area is 119 Å². The van der Waals surface area contributed by atoms with Crippen molar-refractivity contribution in [3.05, 3.63) is 71.6 Å². The van der Waals surface area contributed by atoms with Gasteiger partial charge in [0.25, 0.3) is 5.91 Å². The lowest BCUT2D eigenvalue weighted by Crippen LogP contribution is -2.23. The monoisotopic (exact) mass is 283 g/mol. The van der Waals surface area contributed by atoms with Gasteiger partial charge in [0, 0.05) is 11.1 Å². The van der Waals surface area contributed by atoms with Gasteiger partial charge in [-0.2, -0.15) is 0 Å². The summed E-state index contributed by atoms with van der Waals surface area (Å²) in [5.74, 6) is -2.29. The van der Waals surface area contributed by atoms with Gasteiger partial charge in [-0.25, -0.2) is 9.18 Å². The van der Waals surface area contributed by atoms with Gasteiger partial charge in [0.2, 0.25) is 0 Å². The first-order chi connectivity index (χ1) is 10.0. The lowest BCUT2D eigenvalue weighted by molar-refractivity contribution is 0.0696. The van der Waals surface area contributed by atoms with Crippen LogP contribution in [0.2, 0.25) is 0 Å². The Bertz CT molecular complexity index is 763. The molecule has 1 amide bonds. The van der Waals surface area contributed by atoms with E-state index in [0.29, 0.717) is 16.8 Å². The smallest absolute Gasteiger partial charge is 0.335 e. The molecule has 2 aromatic carbocycles. The van der Waals surface area contributed by atoms with E-state index in [1.165, 1.54) is 0 Å².